The molecule has 2 aromatic rings. The number of aliphatic hydroxyl groups is 1. The number of aryl methyl sites for hydroxylation is 2. The van der Waals surface area contributed by atoms with Crippen LogP contribution in [0.5, 0.6) is 0 Å². The Morgan fingerprint density at radius 3 is 3.04 bits per heavy atom. The van der Waals surface area contributed by atoms with E-state index >= 15 is 0 Å². The van der Waals surface area contributed by atoms with Crippen LogP contribution in [0.1, 0.15) is 46.1 Å². The third-order valence-corrected chi connectivity index (χ3v) is 4.89. The van der Waals surface area contributed by atoms with Crippen LogP contribution in [0.2, 0.25) is 0 Å². The van der Waals surface area contributed by atoms with Gasteiger partial charge in [0, 0.05) is 19.6 Å². The molecule has 1 aromatic heterocycles. The number of piperidine rings is 1. The van der Waals surface area contributed by atoms with Crippen molar-refractivity contribution < 1.29 is 9.90 Å². The lowest BCUT2D eigenvalue weighted by Gasteiger charge is -2.33. The van der Waals surface area contributed by atoms with E-state index in [2.05, 4.69) is 52.6 Å². The van der Waals surface area contributed by atoms with Crippen LogP contribution < -0.4 is 5.32 Å². The van der Waals surface area contributed by atoms with Gasteiger partial charge >= 0.3 is 0 Å². The molecule has 1 aliphatic heterocycles. The van der Waals surface area contributed by atoms with Gasteiger partial charge in [-0.15, -0.1) is 5.10 Å². The van der Waals surface area contributed by atoms with Gasteiger partial charge in [0.1, 0.15) is 0 Å². The quantitative estimate of drug-likeness (QED) is 0.818. The zero-order chi connectivity index (χ0) is 18.5. The molecular formula is C19H27N5O2. The molecule has 7 heteroatoms. The molecule has 1 saturated heterocycles. The Kier molecular flexibility index (Phi) is 6.00. The van der Waals surface area contributed by atoms with Crippen molar-refractivity contribution in [1.29, 1.82) is 0 Å². The van der Waals surface area contributed by atoms with Crippen LogP contribution in [-0.2, 0) is 6.54 Å². The van der Waals surface area contributed by atoms with Gasteiger partial charge in [0.25, 0.3) is 5.91 Å². The number of rotatable bonds is 6. The van der Waals surface area contributed by atoms with Crippen molar-refractivity contribution in [3.63, 3.8) is 0 Å². The van der Waals surface area contributed by atoms with E-state index in [9.17, 15) is 4.79 Å². The van der Waals surface area contributed by atoms with Gasteiger partial charge in [0.2, 0.25) is 0 Å². The van der Waals surface area contributed by atoms with Crippen molar-refractivity contribution in [1.82, 2.24) is 25.2 Å². The number of aliphatic hydroxyl groups excluding tert-OH is 1. The van der Waals surface area contributed by atoms with E-state index in [1.807, 2.05) is 4.68 Å². The minimum atomic E-state index is -0.298. The molecule has 0 radical (unpaired) electrons. The zero-order valence-electron chi connectivity index (χ0n) is 15.5. The van der Waals surface area contributed by atoms with Gasteiger partial charge < -0.3 is 10.4 Å². The number of benzene rings is 1. The van der Waals surface area contributed by atoms with Gasteiger partial charge in [-0.05, 0) is 44.4 Å². The molecule has 7 nitrogen and oxygen atoms in total. The molecule has 1 fully saturated rings. The number of nitrogens with one attached hydrogen (secondary N) is 1. The summed E-state index contributed by atoms with van der Waals surface area (Å²) in [6.07, 6.45) is 3.84. The fourth-order valence-electron chi connectivity index (χ4n) is 3.42. The number of hydrogen-bond donors (Lipinski definition) is 2. The average molecular weight is 357 g/mol. The molecule has 26 heavy (non-hydrogen) atoms. The highest BCUT2D eigenvalue weighted by molar-refractivity contribution is 5.91. The predicted octanol–water partition coefficient (Wildman–Crippen LogP) is 1.45. The molecular weight excluding hydrogens is 330 g/mol. The van der Waals surface area contributed by atoms with Gasteiger partial charge in [0.15, 0.2) is 5.69 Å². The lowest BCUT2D eigenvalue weighted by Crippen LogP contribution is -2.36. The third kappa shape index (κ3) is 4.47. The Balaban J connectivity index is 1.64. The Labute approximate surface area is 154 Å². The Bertz CT molecular complexity index is 758. The molecule has 2 N–H and O–H groups in total. The van der Waals surface area contributed by atoms with Crippen LogP contribution in [0.4, 0.5) is 0 Å². The minimum absolute atomic E-state index is 0.0875. The number of nitrogens with zero attached hydrogens (tertiary/aromatic N) is 4. The highest BCUT2D eigenvalue weighted by Gasteiger charge is 2.23. The summed E-state index contributed by atoms with van der Waals surface area (Å²) in [5.41, 5.74) is 4.27. The van der Waals surface area contributed by atoms with Crippen molar-refractivity contribution >= 4 is 5.91 Å². The van der Waals surface area contributed by atoms with Crippen molar-refractivity contribution in [2.45, 2.75) is 39.3 Å². The monoisotopic (exact) mass is 357 g/mol. The van der Waals surface area contributed by atoms with Crippen LogP contribution in [-0.4, -0.2) is 57.1 Å². The molecule has 1 unspecified atom stereocenters. The summed E-state index contributed by atoms with van der Waals surface area (Å²) < 4.78 is 1.81. The third-order valence-electron chi connectivity index (χ3n) is 4.89. The Hall–Kier alpha value is -2.25. The largest absolute Gasteiger partial charge is 0.395 e. The molecule has 1 aliphatic rings. The van der Waals surface area contributed by atoms with Crippen molar-refractivity contribution in [3.8, 4) is 0 Å². The first kappa shape index (κ1) is 18.5. The molecule has 1 atom stereocenters. The van der Waals surface area contributed by atoms with Crippen LogP contribution in [0.3, 0.4) is 0 Å². The average Bonchev–Trinajstić information content (AvgIpc) is 3.13. The summed E-state index contributed by atoms with van der Waals surface area (Å²) in [4.78, 5) is 14.4. The molecule has 1 amide bonds. The number of carbonyl (C=O) groups is 1. The standard InChI is InChI=1S/C19H27N5O2/c1-14-5-6-15(2)16(10-14)11-23-8-3-4-17(12-23)24-13-18(21-22-24)19(26)20-7-9-25/h5-6,10,13,17,25H,3-4,7-9,11-12H2,1-2H3,(H,20,26). The van der Waals surface area contributed by atoms with Crippen molar-refractivity contribution in [3.05, 3.63) is 46.8 Å². The van der Waals surface area contributed by atoms with E-state index < -0.39 is 0 Å². The molecule has 2 heterocycles. The van der Waals surface area contributed by atoms with E-state index in [4.69, 9.17) is 5.11 Å². The summed E-state index contributed by atoms with van der Waals surface area (Å²) >= 11 is 0. The van der Waals surface area contributed by atoms with Crippen LogP contribution >= 0.6 is 0 Å². The smallest absolute Gasteiger partial charge is 0.273 e. The van der Waals surface area contributed by atoms with Gasteiger partial charge in [-0.1, -0.05) is 29.0 Å². The Morgan fingerprint density at radius 1 is 1.38 bits per heavy atom. The first-order valence-electron chi connectivity index (χ1n) is 9.16. The second-order valence-electron chi connectivity index (χ2n) is 7.02. The van der Waals surface area contributed by atoms with Crippen molar-refractivity contribution in [2.24, 2.45) is 0 Å². The lowest BCUT2D eigenvalue weighted by atomic mass is 10.0. The number of hydrogen-bond acceptors (Lipinski definition) is 5. The molecule has 0 bridgehead atoms. The van der Waals surface area contributed by atoms with E-state index in [-0.39, 0.29) is 25.1 Å². The van der Waals surface area contributed by atoms with Crippen LogP contribution in [0.15, 0.2) is 24.4 Å². The first-order chi connectivity index (χ1) is 12.6. The fraction of sp³-hybridized carbons (Fsp3) is 0.526. The molecule has 0 aliphatic carbocycles. The molecule has 140 valence electrons. The van der Waals surface area contributed by atoms with Crippen LogP contribution in [0, 0.1) is 13.8 Å². The summed E-state index contributed by atoms with van der Waals surface area (Å²) in [7, 11) is 0. The molecule has 3 rings (SSSR count). The van der Waals surface area contributed by atoms with E-state index in [0.717, 1.165) is 32.5 Å². The second-order valence-corrected chi connectivity index (χ2v) is 7.02. The highest BCUT2D eigenvalue weighted by Crippen LogP contribution is 2.23. The number of amides is 1. The maximum Gasteiger partial charge on any atom is 0.273 e. The molecule has 1 aromatic carbocycles. The highest BCUT2D eigenvalue weighted by atomic mass is 16.3. The van der Waals surface area contributed by atoms with Gasteiger partial charge in [-0.2, -0.15) is 0 Å². The second kappa shape index (κ2) is 8.42. The van der Waals surface area contributed by atoms with Gasteiger partial charge in [-0.3, -0.25) is 9.69 Å². The fourth-order valence-corrected chi connectivity index (χ4v) is 3.42. The maximum absolute atomic E-state index is 11.9. The number of carbonyl (C=O) groups excluding carboxylic acids is 1. The zero-order valence-corrected chi connectivity index (χ0v) is 15.5. The number of likely N-dealkylation sites (tertiary alicyclic amines) is 1. The van der Waals surface area contributed by atoms with Crippen molar-refractivity contribution in [2.75, 3.05) is 26.2 Å². The first-order valence-corrected chi connectivity index (χ1v) is 9.16. The summed E-state index contributed by atoms with van der Waals surface area (Å²) in [6.45, 7) is 7.32. The van der Waals surface area contributed by atoms with Gasteiger partial charge in [0.05, 0.1) is 18.8 Å². The maximum atomic E-state index is 11.9. The summed E-state index contributed by atoms with van der Waals surface area (Å²) in [5.74, 6) is -0.298. The Morgan fingerprint density at radius 2 is 2.23 bits per heavy atom. The van der Waals surface area contributed by atoms with E-state index in [1.54, 1.807) is 6.20 Å². The van der Waals surface area contributed by atoms with E-state index in [1.165, 1.54) is 16.7 Å². The molecule has 0 spiro atoms. The summed E-state index contributed by atoms with van der Waals surface area (Å²) in [5, 5.41) is 19.5. The summed E-state index contributed by atoms with van der Waals surface area (Å²) in [6, 6.07) is 6.82. The lowest BCUT2D eigenvalue weighted by molar-refractivity contribution is 0.0939. The predicted molar refractivity (Wildman–Crippen MR) is 98.9 cm³/mol. The van der Waals surface area contributed by atoms with Gasteiger partial charge in [-0.25, -0.2) is 4.68 Å². The SMILES string of the molecule is Cc1ccc(C)c(CN2CCCC(n3cc(C(=O)NCCO)nn3)C2)c1. The normalized spacial score (nSPS) is 18.0. The van der Waals surface area contributed by atoms with E-state index in [0.29, 0.717) is 5.69 Å². The minimum Gasteiger partial charge on any atom is -0.395 e. The molecule has 0 saturated carbocycles. The topological polar surface area (TPSA) is 83.3 Å². The van der Waals surface area contributed by atoms with Crippen LogP contribution in [0.25, 0.3) is 0 Å². The number of aromatic nitrogens is 3.